The Morgan fingerprint density at radius 2 is 0.890 bits per heavy atom. The van der Waals surface area contributed by atoms with E-state index < -0.39 is 10.8 Å². The molecule has 0 aromatic heterocycles. The lowest BCUT2D eigenvalue weighted by Gasteiger charge is -2.50. The Kier molecular flexibility index (Phi) is 10.7. The largest absolute Gasteiger partial charge is 0.311 e. The van der Waals surface area contributed by atoms with Gasteiger partial charge in [-0.1, -0.05) is 263 Å². The Hall–Kier alpha value is -8.52. The molecule has 1 spiro atoms. The third-order valence-corrected chi connectivity index (χ3v) is 16.5. The summed E-state index contributed by atoms with van der Waals surface area (Å²) in [5.74, 6) is 0.780. The van der Waals surface area contributed by atoms with E-state index in [1.165, 1.54) is 83.5 Å². The zero-order chi connectivity index (χ0) is 49.2. The predicted octanol–water partition coefficient (Wildman–Crippen LogP) is 18.0. The van der Waals surface area contributed by atoms with Gasteiger partial charge >= 0.3 is 0 Å². The van der Waals surface area contributed by atoms with Gasteiger partial charge in [0.15, 0.2) is 0 Å². The summed E-state index contributed by atoms with van der Waals surface area (Å²) in [5, 5.41) is 0. The van der Waals surface area contributed by atoms with Crippen molar-refractivity contribution in [2.45, 2.75) is 31.6 Å². The molecular weight excluding hydrogens is 879 g/mol. The second kappa shape index (κ2) is 17.7. The van der Waals surface area contributed by atoms with Crippen LogP contribution in [0.3, 0.4) is 0 Å². The summed E-state index contributed by atoms with van der Waals surface area (Å²) in [7, 11) is 0. The Morgan fingerprint density at radius 3 is 1.48 bits per heavy atom. The molecule has 1 heteroatoms. The molecule has 0 saturated carbocycles. The van der Waals surface area contributed by atoms with Crippen LogP contribution in [0.4, 0.5) is 11.4 Å². The highest BCUT2D eigenvalue weighted by atomic mass is 15.1. The van der Waals surface area contributed by atoms with Crippen molar-refractivity contribution in [2.75, 3.05) is 4.90 Å². The van der Waals surface area contributed by atoms with Gasteiger partial charge in [-0.3, -0.25) is 0 Å². The second-order valence-electron chi connectivity index (χ2n) is 20.7. The lowest BCUT2D eigenvalue weighted by molar-refractivity contribution is 0.331. The molecule has 1 nitrogen and oxygen atoms in total. The minimum atomic E-state index is -0.624. The van der Waals surface area contributed by atoms with Crippen LogP contribution in [-0.4, -0.2) is 0 Å². The minimum absolute atomic E-state index is 0.0573. The molecule has 2 atom stereocenters. The minimum Gasteiger partial charge on any atom is -0.311 e. The molecule has 9 aromatic rings. The van der Waals surface area contributed by atoms with Gasteiger partial charge in [0.1, 0.15) is 0 Å². The van der Waals surface area contributed by atoms with Gasteiger partial charge in [-0.15, -0.1) is 0 Å². The summed E-state index contributed by atoms with van der Waals surface area (Å²) in [4.78, 5) is 2.48. The van der Waals surface area contributed by atoms with Gasteiger partial charge in [0, 0.05) is 23.0 Å². The maximum Gasteiger partial charge on any atom is 0.0720 e. The number of allylic oxidation sites excluding steroid dienone is 9. The third kappa shape index (κ3) is 6.83. The molecule has 4 aliphatic rings. The van der Waals surface area contributed by atoms with Gasteiger partial charge in [0.2, 0.25) is 0 Å². The summed E-state index contributed by atoms with van der Waals surface area (Å²) in [6.07, 6.45) is 18.7. The summed E-state index contributed by atoms with van der Waals surface area (Å²) < 4.78 is 0. The quantitative estimate of drug-likeness (QED) is 0.130. The molecular formula is C72H57N. The van der Waals surface area contributed by atoms with Gasteiger partial charge in [-0.25, -0.2) is 0 Å². The van der Waals surface area contributed by atoms with Crippen LogP contribution in [0.25, 0.3) is 33.4 Å². The Bertz CT molecular complexity index is 3630. The van der Waals surface area contributed by atoms with E-state index in [9.17, 15) is 0 Å². The first kappa shape index (κ1) is 44.4. The van der Waals surface area contributed by atoms with Crippen molar-refractivity contribution in [3.05, 3.63) is 335 Å². The zero-order valence-electron chi connectivity index (χ0n) is 41.7. The number of nitrogens with zero attached hydrogens (tertiary/aromatic N) is 1. The van der Waals surface area contributed by atoms with Crippen LogP contribution in [0, 0.1) is 17.3 Å². The van der Waals surface area contributed by atoms with Crippen molar-refractivity contribution in [1.82, 2.24) is 0 Å². The summed E-state index contributed by atoms with van der Waals surface area (Å²) in [6.45, 7) is 6.93. The van der Waals surface area contributed by atoms with Crippen molar-refractivity contribution in [3.63, 3.8) is 0 Å². The van der Waals surface area contributed by atoms with E-state index in [1.54, 1.807) is 0 Å². The smallest absolute Gasteiger partial charge is 0.0720 e. The second-order valence-corrected chi connectivity index (χ2v) is 20.7. The number of fused-ring (bicyclic) bond motifs is 10. The van der Waals surface area contributed by atoms with Crippen LogP contribution in [0.1, 0.15) is 65.3 Å². The van der Waals surface area contributed by atoms with Crippen LogP contribution in [0.15, 0.2) is 290 Å². The van der Waals surface area contributed by atoms with Crippen molar-refractivity contribution in [2.24, 2.45) is 17.3 Å². The molecule has 13 rings (SSSR count). The molecule has 0 radical (unpaired) electrons. The van der Waals surface area contributed by atoms with E-state index in [0.29, 0.717) is 11.8 Å². The highest BCUT2D eigenvalue weighted by Gasteiger charge is 2.56. The van der Waals surface area contributed by atoms with Crippen LogP contribution in [0.2, 0.25) is 0 Å². The van der Waals surface area contributed by atoms with Gasteiger partial charge in [-0.2, -0.15) is 0 Å². The van der Waals surface area contributed by atoms with Gasteiger partial charge in [0.05, 0.1) is 10.8 Å². The van der Waals surface area contributed by atoms with E-state index in [1.807, 2.05) is 0 Å². The van der Waals surface area contributed by atoms with E-state index in [2.05, 4.69) is 305 Å². The summed E-state index contributed by atoms with van der Waals surface area (Å²) >= 11 is 0. The molecule has 0 bridgehead atoms. The molecule has 0 saturated heterocycles. The molecule has 0 aliphatic heterocycles. The molecule has 0 amide bonds. The zero-order valence-corrected chi connectivity index (χ0v) is 41.7. The maximum absolute atomic E-state index is 2.53. The van der Waals surface area contributed by atoms with Crippen molar-refractivity contribution in [1.29, 1.82) is 0 Å². The first-order valence-corrected chi connectivity index (χ1v) is 26.0. The van der Waals surface area contributed by atoms with Crippen LogP contribution in [0.5, 0.6) is 0 Å². The third-order valence-electron chi connectivity index (χ3n) is 16.5. The summed E-state index contributed by atoms with van der Waals surface area (Å²) in [5.41, 5.74) is 21.3. The van der Waals surface area contributed by atoms with E-state index in [4.69, 9.17) is 0 Å². The highest BCUT2D eigenvalue weighted by molar-refractivity contribution is 5.92. The maximum atomic E-state index is 2.53. The average Bonchev–Trinajstić information content (AvgIpc) is 3.90. The normalized spacial score (nSPS) is 18.1. The first-order chi connectivity index (χ1) is 35.9. The lowest BCUT2D eigenvalue weighted by atomic mass is 9.51. The number of benzene rings is 9. The van der Waals surface area contributed by atoms with Crippen LogP contribution >= 0.6 is 0 Å². The Labute approximate surface area is 431 Å². The van der Waals surface area contributed by atoms with Crippen LogP contribution < -0.4 is 4.90 Å². The predicted molar refractivity (Wildman–Crippen MR) is 305 cm³/mol. The number of hydrogen-bond donors (Lipinski definition) is 0. The monoisotopic (exact) mass is 935 g/mol. The first-order valence-electron chi connectivity index (χ1n) is 26.0. The standard InChI is InChI=1S/C72H57N/c1-4-55(43-42-52-49-70(2,3)63-34-18-16-32-60(52)63)73(56-44-40-51(41-45-56)59-31-15-14-30-58(59)50-24-8-5-9-25-50)57-46-47-62-61-33-17-19-35-64(61)72(69(62)48-57)67-38-22-20-36-65(67)71(53-26-10-6-11-27-53,54-28-12-7-13-29-54)66-37-21-23-39-68(66)72/h4-49,60,63H,1-3H3/b43-42-,55-4+. The molecule has 73 heavy (non-hydrogen) atoms. The lowest BCUT2D eigenvalue weighted by Crippen LogP contribution is -2.44. The molecule has 4 aliphatic carbocycles. The fraction of sp³-hybridized carbons (Fsp3) is 0.111. The SMILES string of the molecule is C/C=C(\C=C/C1=CC(C)(C)C2C=CC=CC12)N(c1ccc(-c2ccccc2-c2ccccc2)cc1)c1ccc2c(c1)C1(c3ccccc3-2)c2ccccc2C(c2ccccc2)(c2ccccc2)c2ccccc21. The molecule has 0 N–H and O–H groups in total. The fourth-order valence-corrected chi connectivity index (χ4v) is 13.5. The number of hydrogen-bond acceptors (Lipinski definition) is 1. The molecule has 2 unspecified atom stereocenters. The molecule has 0 fully saturated rings. The van der Waals surface area contributed by atoms with Crippen molar-refractivity contribution in [3.8, 4) is 33.4 Å². The van der Waals surface area contributed by atoms with E-state index in [0.717, 1.165) is 17.1 Å². The van der Waals surface area contributed by atoms with Gasteiger partial charge < -0.3 is 4.90 Å². The molecule has 0 heterocycles. The average molecular weight is 936 g/mol. The number of anilines is 2. The van der Waals surface area contributed by atoms with Crippen molar-refractivity contribution < 1.29 is 0 Å². The van der Waals surface area contributed by atoms with Gasteiger partial charge in [-0.05, 0) is 132 Å². The molecule has 9 aromatic carbocycles. The van der Waals surface area contributed by atoms with Crippen molar-refractivity contribution >= 4 is 11.4 Å². The van der Waals surface area contributed by atoms with Gasteiger partial charge in [0.25, 0.3) is 0 Å². The number of rotatable bonds is 9. The Morgan fingerprint density at radius 1 is 0.425 bits per heavy atom. The molecule has 350 valence electrons. The topological polar surface area (TPSA) is 3.24 Å². The Balaban J connectivity index is 1.03. The van der Waals surface area contributed by atoms with E-state index in [-0.39, 0.29) is 5.41 Å². The van der Waals surface area contributed by atoms with Crippen LogP contribution in [-0.2, 0) is 10.8 Å². The fourth-order valence-electron chi connectivity index (χ4n) is 13.5. The highest BCUT2D eigenvalue weighted by Crippen LogP contribution is 2.65. The van der Waals surface area contributed by atoms with E-state index >= 15 is 0 Å². The summed E-state index contributed by atoms with van der Waals surface area (Å²) in [6, 6.07) is 86.2.